The topological polar surface area (TPSA) is 73.9 Å². The molecule has 3 aromatic rings. The SMILES string of the molecule is COc1ccc(-c2sc(N)nc2-c2ccc(C)cc2)nn1. The highest BCUT2D eigenvalue weighted by molar-refractivity contribution is 7.19. The van der Waals surface area contributed by atoms with E-state index in [1.807, 2.05) is 30.3 Å². The number of nitrogens with zero attached hydrogens (tertiary/aromatic N) is 3. The maximum Gasteiger partial charge on any atom is 0.233 e. The summed E-state index contributed by atoms with van der Waals surface area (Å²) in [4.78, 5) is 5.34. The van der Waals surface area contributed by atoms with Crippen molar-refractivity contribution in [3.63, 3.8) is 0 Å². The highest BCUT2D eigenvalue weighted by Gasteiger charge is 2.15. The van der Waals surface area contributed by atoms with E-state index in [0.717, 1.165) is 21.8 Å². The van der Waals surface area contributed by atoms with E-state index < -0.39 is 0 Å². The molecule has 0 radical (unpaired) electrons. The third-order valence-electron chi connectivity index (χ3n) is 3.05. The monoisotopic (exact) mass is 298 g/mol. The van der Waals surface area contributed by atoms with Crippen LogP contribution in [-0.4, -0.2) is 22.3 Å². The van der Waals surface area contributed by atoms with E-state index in [4.69, 9.17) is 10.5 Å². The van der Waals surface area contributed by atoms with Gasteiger partial charge in [0.05, 0.1) is 17.7 Å². The Bertz CT molecular complexity index is 750. The summed E-state index contributed by atoms with van der Waals surface area (Å²) in [5.74, 6) is 0.480. The number of aromatic nitrogens is 3. The number of anilines is 1. The smallest absolute Gasteiger partial charge is 0.233 e. The van der Waals surface area contributed by atoms with Gasteiger partial charge in [0.15, 0.2) is 5.13 Å². The Morgan fingerprint density at radius 3 is 2.43 bits per heavy atom. The molecule has 0 saturated carbocycles. The molecule has 0 unspecified atom stereocenters. The van der Waals surface area contributed by atoms with Crippen LogP contribution in [-0.2, 0) is 0 Å². The average molecular weight is 298 g/mol. The number of aryl methyl sites for hydroxylation is 1. The summed E-state index contributed by atoms with van der Waals surface area (Å²) < 4.78 is 5.03. The van der Waals surface area contributed by atoms with Crippen molar-refractivity contribution < 1.29 is 4.74 Å². The molecule has 21 heavy (non-hydrogen) atoms. The molecule has 0 spiro atoms. The maximum atomic E-state index is 5.87. The van der Waals surface area contributed by atoms with E-state index >= 15 is 0 Å². The van der Waals surface area contributed by atoms with E-state index in [0.29, 0.717) is 11.0 Å². The molecule has 106 valence electrons. The van der Waals surface area contributed by atoms with E-state index in [1.54, 1.807) is 13.2 Å². The van der Waals surface area contributed by atoms with E-state index in [1.165, 1.54) is 16.9 Å². The fourth-order valence-electron chi connectivity index (χ4n) is 1.97. The number of nitrogens with two attached hydrogens (primary N) is 1. The van der Waals surface area contributed by atoms with Crippen molar-refractivity contribution in [1.29, 1.82) is 0 Å². The van der Waals surface area contributed by atoms with Crippen LogP contribution in [0.25, 0.3) is 21.8 Å². The van der Waals surface area contributed by atoms with Crippen molar-refractivity contribution >= 4 is 16.5 Å². The molecule has 0 amide bonds. The van der Waals surface area contributed by atoms with Crippen LogP contribution in [0.2, 0.25) is 0 Å². The first kappa shape index (κ1) is 13.5. The molecule has 0 aliphatic rings. The van der Waals surface area contributed by atoms with Gasteiger partial charge in [-0.1, -0.05) is 41.2 Å². The molecule has 0 aliphatic heterocycles. The molecular formula is C15H14N4OS. The maximum absolute atomic E-state index is 5.87. The molecule has 0 atom stereocenters. The summed E-state index contributed by atoms with van der Waals surface area (Å²) in [6, 6.07) is 11.8. The third-order valence-corrected chi connectivity index (χ3v) is 3.96. The van der Waals surface area contributed by atoms with Crippen LogP contribution in [0.3, 0.4) is 0 Å². The first-order valence-electron chi connectivity index (χ1n) is 6.39. The molecule has 2 aromatic heterocycles. The van der Waals surface area contributed by atoms with Gasteiger partial charge in [0.25, 0.3) is 0 Å². The first-order chi connectivity index (χ1) is 10.2. The lowest BCUT2D eigenvalue weighted by Crippen LogP contribution is -1.92. The highest BCUT2D eigenvalue weighted by Crippen LogP contribution is 2.37. The van der Waals surface area contributed by atoms with E-state index in [-0.39, 0.29) is 0 Å². The average Bonchev–Trinajstić information content (AvgIpc) is 2.90. The van der Waals surface area contributed by atoms with Crippen molar-refractivity contribution in [1.82, 2.24) is 15.2 Å². The van der Waals surface area contributed by atoms with E-state index in [9.17, 15) is 0 Å². The minimum atomic E-state index is 0.480. The van der Waals surface area contributed by atoms with Gasteiger partial charge in [-0.05, 0) is 13.0 Å². The number of benzene rings is 1. The normalized spacial score (nSPS) is 10.6. The second-order valence-corrected chi connectivity index (χ2v) is 5.59. The van der Waals surface area contributed by atoms with Gasteiger partial charge in [0, 0.05) is 11.6 Å². The van der Waals surface area contributed by atoms with Gasteiger partial charge < -0.3 is 10.5 Å². The quantitative estimate of drug-likeness (QED) is 0.804. The first-order valence-corrected chi connectivity index (χ1v) is 7.20. The predicted molar refractivity (Wildman–Crippen MR) is 84.3 cm³/mol. The van der Waals surface area contributed by atoms with E-state index in [2.05, 4.69) is 22.1 Å². The van der Waals surface area contributed by atoms with Crippen molar-refractivity contribution in [2.75, 3.05) is 12.8 Å². The molecule has 0 bridgehead atoms. The summed E-state index contributed by atoms with van der Waals surface area (Å²) >= 11 is 1.40. The zero-order valence-electron chi connectivity index (χ0n) is 11.7. The fourth-order valence-corrected chi connectivity index (χ4v) is 2.79. The lowest BCUT2D eigenvalue weighted by Gasteiger charge is -2.03. The Labute approximate surface area is 126 Å². The molecule has 0 fully saturated rings. The Morgan fingerprint density at radius 1 is 1.05 bits per heavy atom. The van der Waals surface area contributed by atoms with Crippen LogP contribution in [0.1, 0.15) is 5.56 Å². The van der Waals surface area contributed by atoms with Gasteiger partial charge in [-0.25, -0.2) is 4.98 Å². The van der Waals surface area contributed by atoms with Gasteiger partial charge in [0.1, 0.15) is 5.69 Å². The van der Waals surface area contributed by atoms with Crippen LogP contribution < -0.4 is 10.5 Å². The number of hydrogen-bond donors (Lipinski definition) is 1. The molecule has 1 aromatic carbocycles. The molecular weight excluding hydrogens is 284 g/mol. The number of nitrogen functional groups attached to an aromatic ring is 1. The van der Waals surface area contributed by atoms with Crippen LogP contribution in [0.4, 0.5) is 5.13 Å². The number of rotatable bonds is 3. The molecule has 0 aliphatic carbocycles. The predicted octanol–water partition coefficient (Wildman–Crippen LogP) is 3.17. The number of methoxy groups -OCH3 is 1. The second-order valence-electron chi connectivity index (χ2n) is 4.56. The van der Waals surface area contributed by atoms with Crippen LogP contribution in [0.15, 0.2) is 36.4 Å². The minimum absolute atomic E-state index is 0.480. The molecule has 0 saturated heterocycles. The second kappa shape index (κ2) is 5.49. The Kier molecular flexibility index (Phi) is 3.53. The molecule has 2 N–H and O–H groups in total. The van der Waals surface area contributed by atoms with Gasteiger partial charge in [0.2, 0.25) is 5.88 Å². The van der Waals surface area contributed by atoms with Crippen molar-refractivity contribution in [3.05, 3.63) is 42.0 Å². The third kappa shape index (κ3) is 2.71. The molecule has 6 heteroatoms. The lowest BCUT2D eigenvalue weighted by atomic mass is 10.1. The number of ether oxygens (including phenoxy) is 1. The van der Waals surface area contributed by atoms with Gasteiger partial charge in [-0.3, -0.25) is 0 Å². The molecule has 3 rings (SSSR count). The van der Waals surface area contributed by atoms with Crippen molar-refractivity contribution in [2.24, 2.45) is 0 Å². The van der Waals surface area contributed by atoms with Gasteiger partial charge in [-0.15, -0.1) is 10.2 Å². The Balaban J connectivity index is 2.08. The largest absolute Gasteiger partial charge is 0.480 e. The summed E-state index contributed by atoms with van der Waals surface area (Å²) in [6.45, 7) is 2.05. The zero-order valence-corrected chi connectivity index (χ0v) is 12.5. The van der Waals surface area contributed by atoms with Crippen LogP contribution >= 0.6 is 11.3 Å². The molecule has 5 nitrogen and oxygen atoms in total. The Hall–Kier alpha value is -2.47. The minimum Gasteiger partial charge on any atom is -0.480 e. The summed E-state index contributed by atoms with van der Waals surface area (Å²) in [6.07, 6.45) is 0. The highest BCUT2D eigenvalue weighted by atomic mass is 32.1. The zero-order chi connectivity index (χ0) is 14.8. The molecule has 2 heterocycles. The Morgan fingerprint density at radius 2 is 1.81 bits per heavy atom. The summed E-state index contributed by atoms with van der Waals surface area (Å²) in [7, 11) is 1.56. The van der Waals surface area contributed by atoms with Crippen molar-refractivity contribution in [3.8, 4) is 27.7 Å². The number of thiazole rings is 1. The summed E-state index contributed by atoms with van der Waals surface area (Å²) in [5.41, 5.74) is 9.66. The van der Waals surface area contributed by atoms with Crippen molar-refractivity contribution in [2.45, 2.75) is 6.92 Å². The van der Waals surface area contributed by atoms with Crippen LogP contribution in [0, 0.1) is 6.92 Å². The standard InChI is InChI=1S/C15H14N4OS/c1-9-3-5-10(6-4-9)13-14(21-15(16)17-13)11-7-8-12(20-2)19-18-11/h3-8H,1-2H3,(H2,16,17). The van der Waals surface area contributed by atoms with Crippen LogP contribution in [0.5, 0.6) is 5.88 Å². The van der Waals surface area contributed by atoms with Gasteiger partial charge >= 0.3 is 0 Å². The summed E-state index contributed by atoms with van der Waals surface area (Å²) in [5, 5.41) is 8.69. The number of hydrogen-bond acceptors (Lipinski definition) is 6. The lowest BCUT2D eigenvalue weighted by molar-refractivity contribution is 0.392. The van der Waals surface area contributed by atoms with Gasteiger partial charge in [-0.2, -0.15) is 0 Å². The fraction of sp³-hybridized carbons (Fsp3) is 0.133.